The molecule has 0 fully saturated rings. The van der Waals surface area contributed by atoms with E-state index in [0.29, 0.717) is 0 Å². The highest BCUT2D eigenvalue weighted by atomic mass is 16.6. The highest BCUT2D eigenvalue weighted by molar-refractivity contribution is 6.07. The van der Waals surface area contributed by atoms with Gasteiger partial charge in [0.15, 0.2) is 0 Å². The predicted octanol–water partition coefficient (Wildman–Crippen LogP) is 3.87. The molecule has 1 amide bonds. The number of carbonyl (C=O) groups excluding carboxylic acids is 2. The lowest BCUT2D eigenvalue weighted by Crippen LogP contribution is -2.34. The average molecular weight is 337 g/mol. The zero-order valence-corrected chi connectivity index (χ0v) is 15.0. The summed E-state index contributed by atoms with van der Waals surface area (Å²) in [5.41, 5.74) is 1.90. The molecular formula is C21H23NO3. The number of anilines is 1. The van der Waals surface area contributed by atoms with Crippen LogP contribution in [0.25, 0.3) is 0 Å². The van der Waals surface area contributed by atoms with Crippen molar-refractivity contribution in [2.75, 3.05) is 11.9 Å². The first-order chi connectivity index (χ1) is 11.8. The number of rotatable bonds is 3. The highest BCUT2D eigenvalue weighted by Crippen LogP contribution is 2.45. The maximum Gasteiger partial charge on any atom is 0.315 e. The first-order valence-corrected chi connectivity index (χ1v) is 8.44. The summed E-state index contributed by atoms with van der Waals surface area (Å²) in [5, 5.41) is 0. The molecule has 0 aliphatic carbocycles. The molecule has 3 rings (SSSR count). The summed E-state index contributed by atoms with van der Waals surface area (Å²) in [5.74, 6) is -1.69. The number of fused-ring (bicyclic) bond motifs is 1. The van der Waals surface area contributed by atoms with E-state index in [0.717, 1.165) is 16.8 Å². The minimum Gasteiger partial charge on any atom is -0.459 e. The second-order valence-electron chi connectivity index (χ2n) is 7.36. The minimum absolute atomic E-state index is 0.0825. The number of likely N-dealkylation sites (N-methyl/N-ethyl adjacent to an activating group) is 1. The number of hydrogen-bond donors (Lipinski definition) is 0. The third-order valence-electron chi connectivity index (χ3n) is 4.38. The van der Waals surface area contributed by atoms with Crippen LogP contribution in [0.4, 0.5) is 5.69 Å². The van der Waals surface area contributed by atoms with Gasteiger partial charge in [-0.05, 0) is 38.0 Å². The Morgan fingerprint density at radius 3 is 2.28 bits per heavy atom. The minimum atomic E-state index is -0.668. The van der Waals surface area contributed by atoms with Crippen LogP contribution >= 0.6 is 0 Å². The zero-order chi connectivity index (χ0) is 18.2. The van der Waals surface area contributed by atoms with Gasteiger partial charge in [0.1, 0.15) is 5.60 Å². The molecule has 1 heterocycles. The van der Waals surface area contributed by atoms with Crippen molar-refractivity contribution >= 4 is 17.6 Å². The Bertz CT molecular complexity index is 792. The van der Waals surface area contributed by atoms with Gasteiger partial charge in [0.05, 0.1) is 11.8 Å². The molecule has 0 spiro atoms. The van der Waals surface area contributed by atoms with E-state index >= 15 is 0 Å². The lowest BCUT2D eigenvalue weighted by atomic mass is 9.82. The lowest BCUT2D eigenvalue weighted by Gasteiger charge is -2.27. The fourth-order valence-corrected chi connectivity index (χ4v) is 3.33. The molecule has 0 saturated carbocycles. The van der Waals surface area contributed by atoms with Gasteiger partial charge < -0.3 is 9.64 Å². The average Bonchev–Trinajstić information content (AvgIpc) is 2.80. The van der Waals surface area contributed by atoms with E-state index in [1.54, 1.807) is 11.9 Å². The number of nitrogens with zero attached hydrogens (tertiary/aromatic N) is 1. The van der Waals surface area contributed by atoms with Crippen LogP contribution in [0.5, 0.6) is 0 Å². The van der Waals surface area contributed by atoms with Crippen molar-refractivity contribution in [2.24, 2.45) is 0 Å². The first kappa shape index (κ1) is 17.2. The number of hydrogen-bond acceptors (Lipinski definition) is 3. The molecule has 0 N–H and O–H groups in total. The molecule has 130 valence electrons. The third-order valence-corrected chi connectivity index (χ3v) is 4.38. The molecule has 1 aliphatic heterocycles. The number of benzene rings is 2. The number of para-hydroxylation sites is 1. The largest absolute Gasteiger partial charge is 0.459 e. The second-order valence-corrected chi connectivity index (χ2v) is 7.36. The smallest absolute Gasteiger partial charge is 0.315 e. The summed E-state index contributed by atoms with van der Waals surface area (Å²) >= 11 is 0. The fraction of sp³-hybridized carbons (Fsp3) is 0.333. The Balaban J connectivity index is 2.09. The summed E-state index contributed by atoms with van der Waals surface area (Å²) in [4.78, 5) is 27.6. The number of amides is 1. The summed E-state index contributed by atoms with van der Waals surface area (Å²) < 4.78 is 5.66. The van der Waals surface area contributed by atoms with Crippen molar-refractivity contribution in [1.82, 2.24) is 0 Å². The van der Waals surface area contributed by atoms with E-state index in [2.05, 4.69) is 0 Å². The molecule has 2 unspecified atom stereocenters. The zero-order valence-electron chi connectivity index (χ0n) is 15.0. The van der Waals surface area contributed by atoms with Gasteiger partial charge >= 0.3 is 5.97 Å². The Hall–Kier alpha value is -2.62. The fourth-order valence-electron chi connectivity index (χ4n) is 3.33. The molecule has 25 heavy (non-hydrogen) atoms. The second kappa shape index (κ2) is 6.36. The van der Waals surface area contributed by atoms with E-state index in [-0.39, 0.29) is 11.9 Å². The molecule has 0 aromatic heterocycles. The van der Waals surface area contributed by atoms with Gasteiger partial charge in [-0.25, -0.2) is 0 Å². The maximum atomic E-state index is 13.0. The van der Waals surface area contributed by atoms with Gasteiger partial charge in [0.25, 0.3) is 0 Å². The molecule has 0 saturated heterocycles. The quantitative estimate of drug-likeness (QED) is 0.799. The van der Waals surface area contributed by atoms with Crippen LogP contribution in [0.2, 0.25) is 0 Å². The Labute approximate surface area is 148 Å². The number of carbonyl (C=O) groups is 2. The third kappa shape index (κ3) is 3.29. The number of ether oxygens (including phenoxy) is 1. The van der Waals surface area contributed by atoms with E-state index in [4.69, 9.17) is 4.74 Å². The molecule has 0 bridgehead atoms. The van der Waals surface area contributed by atoms with Gasteiger partial charge in [-0.2, -0.15) is 0 Å². The van der Waals surface area contributed by atoms with E-state index in [1.165, 1.54) is 0 Å². The Morgan fingerprint density at radius 1 is 1.04 bits per heavy atom. The van der Waals surface area contributed by atoms with Crippen molar-refractivity contribution in [2.45, 2.75) is 38.2 Å². The van der Waals surface area contributed by atoms with Crippen molar-refractivity contribution in [1.29, 1.82) is 0 Å². The molecule has 4 nitrogen and oxygen atoms in total. The number of esters is 1. The standard InChI is InChI=1S/C21H23NO3/c1-21(2,3)25-20(24)17(14-10-6-5-7-11-14)18-15-12-8-9-13-16(15)22(4)19(18)23/h5-13,17-18H,1-4H3. The molecule has 2 aromatic rings. The van der Waals surface area contributed by atoms with Crippen LogP contribution in [-0.2, 0) is 14.3 Å². The van der Waals surface area contributed by atoms with Crippen LogP contribution in [0.15, 0.2) is 54.6 Å². The Morgan fingerprint density at radius 2 is 1.64 bits per heavy atom. The van der Waals surface area contributed by atoms with Gasteiger partial charge in [-0.1, -0.05) is 48.5 Å². The van der Waals surface area contributed by atoms with Gasteiger partial charge in [0.2, 0.25) is 5.91 Å². The first-order valence-electron chi connectivity index (χ1n) is 8.44. The predicted molar refractivity (Wildman–Crippen MR) is 97.6 cm³/mol. The summed E-state index contributed by atoms with van der Waals surface area (Å²) in [6, 6.07) is 17.0. The van der Waals surface area contributed by atoms with E-state index in [9.17, 15) is 9.59 Å². The van der Waals surface area contributed by atoms with Gasteiger partial charge in [0, 0.05) is 12.7 Å². The van der Waals surface area contributed by atoms with Crippen molar-refractivity contribution in [3.05, 3.63) is 65.7 Å². The molecule has 4 heteroatoms. The van der Waals surface area contributed by atoms with Crippen LogP contribution in [-0.4, -0.2) is 24.5 Å². The summed E-state index contributed by atoms with van der Waals surface area (Å²) in [6.07, 6.45) is 0. The van der Waals surface area contributed by atoms with Crippen molar-refractivity contribution < 1.29 is 14.3 Å². The highest BCUT2D eigenvalue weighted by Gasteiger charge is 2.45. The normalized spacial score (nSPS) is 18.0. The SMILES string of the molecule is CN1C(=O)C(C(C(=O)OC(C)(C)C)c2ccccc2)c2ccccc21. The van der Waals surface area contributed by atoms with E-state index < -0.39 is 17.4 Å². The van der Waals surface area contributed by atoms with Gasteiger partial charge in [-0.3, -0.25) is 9.59 Å². The van der Waals surface area contributed by atoms with Crippen LogP contribution in [0.3, 0.4) is 0 Å². The van der Waals surface area contributed by atoms with Crippen molar-refractivity contribution in [3.63, 3.8) is 0 Å². The topological polar surface area (TPSA) is 46.6 Å². The lowest BCUT2D eigenvalue weighted by molar-refractivity contribution is -0.158. The molecule has 2 aromatic carbocycles. The van der Waals surface area contributed by atoms with E-state index in [1.807, 2.05) is 75.4 Å². The molecule has 0 radical (unpaired) electrons. The Kier molecular flexibility index (Phi) is 4.38. The molecule has 2 atom stereocenters. The molecular weight excluding hydrogens is 314 g/mol. The maximum absolute atomic E-state index is 13.0. The monoisotopic (exact) mass is 337 g/mol. The van der Waals surface area contributed by atoms with Crippen LogP contribution in [0.1, 0.15) is 43.7 Å². The van der Waals surface area contributed by atoms with Crippen LogP contribution < -0.4 is 4.90 Å². The van der Waals surface area contributed by atoms with Gasteiger partial charge in [-0.15, -0.1) is 0 Å². The summed E-state index contributed by atoms with van der Waals surface area (Å²) in [7, 11) is 1.75. The van der Waals surface area contributed by atoms with Crippen molar-refractivity contribution in [3.8, 4) is 0 Å². The molecule has 1 aliphatic rings. The summed E-state index contributed by atoms with van der Waals surface area (Å²) in [6.45, 7) is 5.51. The van der Waals surface area contributed by atoms with Crippen LogP contribution in [0, 0.1) is 0 Å².